The third kappa shape index (κ3) is 6.34. The fourth-order valence-corrected chi connectivity index (χ4v) is 3.68. The molecule has 0 saturated heterocycles. The van der Waals surface area contributed by atoms with Crippen LogP contribution >= 0.6 is 0 Å². The highest BCUT2D eigenvalue weighted by Crippen LogP contribution is 2.36. The summed E-state index contributed by atoms with van der Waals surface area (Å²) in [6.07, 6.45) is -0.696. The van der Waals surface area contributed by atoms with Gasteiger partial charge in [0.2, 0.25) is 0 Å². The molecule has 10 nitrogen and oxygen atoms in total. The van der Waals surface area contributed by atoms with Gasteiger partial charge >= 0.3 is 18.0 Å². The van der Waals surface area contributed by atoms with Crippen molar-refractivity contribution in [2.45, 2.75) is 45.8 Å². The largest absolute Gasteiger partial charge is 0.465 e. The van der Waals surface area contributed by atoms with E-state index < -0.39 is 28.4 Å². The third-order valence-electron chi connectivity index (χ3n) is 5.46. The zero-order chi connectivity index (χ0) is 26.0. The van der Waals surface area contributed by atoms with Crippen molar-refractivity contribution >= 4 is 23.7 Å². The lowest BCUT2D eigenvalue weighted by Crippen LogP contribution is -2.47. The Kier molecular flexibility index (Phi) is 9.74. The van der Waals surface area contributed by atoms with Crippen molar-refractivity contribution in [2.75, 3.05) is 20.3 Å². The number of rotatable bonds is 11. The number of ether oxygens (including phenoxy) is 3. The molecule has 0 unspecified atom stereocenters. The standard InChI is InChI=1S/C25H30N2O8/c1-5-25(22(28)33-6-2,23(29)34-7-3)21-14-13-20(27(31)32)15-19(21)16-26(4)24(30)35-17-18-11-9-8-10-12-18/h8-15H,5-7,16-17H2,1-4H3. The van der Waals surface area contributed by atoms with Crippen molar-refractivity contribution < 1.29 is 33.5 Å². The second-order valence-electron chi connectivity index (χ2n) is 7.69. The minimum Gasteiger partial charge on any atom is -0.465 e. The SMILES string of the molecule is CCOC(=O)C(CC)(C(=O)OCC)c1ccc([N+](=O)[O-])cc1CN(C)C(=O)OCc1ccccc1. The monoisotopic (exact) mass is 486 g/mol. The number of benzene rings is 2. The topological polar surface area (TPSA) is 125 Å². The number of non-ortho nitro benzene ring substituents is 1. The Morgan fingerprint density at radius 3 is 2.06 bits per heavy atom. The number of carbonyl (C=O) groups excluding carboxylic acids is 3. The van der Waals surface area contributed by atoms with Crippen molar-refractivity contribution in [3.05, 3.63) is 75.3 Å². The van der Waals surface area contributed by atoms with E-state index in [1.807, 2.05) is 18.2 Å². The van der Waals surface area contributed by atoms with Gasteiger partial charge in [0.05, 0.1) is 18.1 Å². The molecule has 1 amide bonds. The maximum absolute atomic E-state index is 13.1. The number of nitrogens with zero attached hydrogens (tertiary/aromatic N) is 2. The van der Waals surface area contributed by atoms with Gasteiger partial charge in [-0.05, 0) is 37.0 Å². The first-order valence-electron chi connectivity index (χ1n) is 11.2. The lowest BCUT2D eigenvalue weighted by atomic mass is 9.75. The highest BCUT2D eigenvalue weighted by Gasteiger charge is 2.50. The molecule has 2 rings (SSSR count). The number of carbonyl (C=O) groups is 3. The highest BCUT2D eigenvalue weighted by molar-refractivity contribution is 6.06. The van der Waals surface area contributed by atoms with Gasteiger partial charge in [0, 0.05) is 25.7 Å². The number of nitro benzene ring substituents is 1. The van der Waals surface area contributed by atoms with Gasteiger partial charge in [0.25, 0.3) is 5.69 Å². The molecule has 0 aliphatic heterocycles. The first-order valence-corrected chi connectivity index (χ1v) is 11.2. The lowest BCUT2D eigenvalue weighted by Gasteiger charge is -2.31. The molecule has 0 saturated carbocycles. The molecule has 0 radical (unpaired) electrons. The molecule has 0 spiro atoms. The molecule has 0 aliphatic rings. The summed E-state index contributed by atoms with van der Waals surface area (Å²) in [5, 5.41) is 11.5. The maximum atomic E-state index is 13.1. The molecular weight excluding hydrogens is 456 g/mol. The van der Waals surface area contributed by atoms with Crippen LogP contribution < -0.4 is 0 Å². The molecule has 0 heterocycles. The average Bonchev–Trinajstić information content (AvgIpc) is 2.84. The second-order valence-corrected chi connectivity index (χ2v) is 7.69. The molecular formula is C25H30N2O8. The summed E-state index contributed by atoms with van der Waals surface area (Å²) < 4.78 is 15.8. The molecule has 10 heteroatoms. The molecule has 35 heavy (non-hydrogen) atoms. The molecule has 2 aromatic carbocycles. The summed E-state index contributed by atoms with van der Waals surface area (Å²) in [6, 6.07) is 12.9. The summed E-state index contributed by atoms with van der Waals surface area (Å²) >= 11 is 0. The van der Waals surface area contributed by atoms with E-state index in [1.165, 1.54) is 30.1 Å². The van der Waals surface area contributed by atoms with E-state index in [2.05, 4.69) is 0 Å². The van der Waals surface area contributed by atoms with Crippen LogP contribution in [-0.4, -0.2) is 48.1 Å². The van der Waals surface area contributed by atoms with E-state index in [1.54, 1.807) is 32.9 Å². The lowest BCUT2D eigenvalue weighted by molar-refractivity contribution is -0.385. The maximum Gasteiger partial charge on any atom is 0.410 e. The first kappa shape index (κ1) is 27.3. The van der Waals surface area contributed by atoms with Crippen molar-refractivity contribution in [1.82, 2.24) is 4.90 Å². The second kappa shape index (κ2) is 12.5. The van der Waals surface area contributed by atoms with E-state index in [-0.39, 0.29) is 49.6 Å². The van der Waals surface area contributed by atoms with Crippen LogP contribution in [0.25, 0.3) is 0 Å². The number of nitro groups is 1. The van der Waals surface area contributed by atoms with Gasteiger partial charge in [-0.15, -0.1) is 0 Å². The number of hydrogen-bond donors (Lipinski definition) is 0. The smallest absolute Gasteiger partial charge is 0.410 e. The summed E-state index contributed by atoms with van der Waals surface area (Å²) in [5.41, 5.74) is -0.926. The zero-order valence-corrected chi connectivity index (χ0v) is 20.3. The van der Waals surface area contributed by atoms with Gasteiger partial charge in [-0.3, -0.25) is 19.7 Å². The van der Waals surface area contributed by atoms with E-state index in [0.717, 1.165) is 5.56 Å². The quantitative estimate of drug-likeness (QED) is 0.153. The number of hydrogen-bond acceptors (Lipinski definition) is 8. The van der Waals surface area contributed by atoms with Gasteiger partial charge < -0.3 is 19.1 Å². The predicted octanol–water partition coefficient (Wildman–Crippen LogP) is 4.14. The van der Waals surface area contributed by atoms with Gasteiger partial charge in [0.15, 0.2) is 5.41 Å². The van der Waals surface area contributed by atoms with E-state index in [9.17, 15) is 24.5 Å². The summed E-state index contributed by atoms with van der Waals surface area (Å²) in [5.74, 6) is -1.66. The van der Waals surface area contributed by atoms with Gasteiger partial charge in [0.1, 0.15) is 6.61 Å². The summed E-state index contributed by atoms with van der Waals surface area (Å²) in [7, 11) is 1.46. The van der Waals surface area contributed by atoms with E-state index in [0.29, 0.717) is 0 Å². The third-order valence-corrected chi connectivity index (χ3v) is 5.46. The summed E-state index contributed by atoms with van der Waals surface area (Å²) in [4.78, 5) is 50.9. The van der Waals surface area contributed by atoms with E-state index >= 15 is 0 Å². The molecule has 2 aromatic rings. The molecule has 0 fully saturated rings. The average molecular weight is 487 g/mol. The van der Waals surface area contributed by atoms with Crippen molar-refractivity contribution in [3.8, 4) is 0 Å². The van der Waals surface area contributed by atoms with Crippen LogP contribution in [0, 0.1) is 10.1 Å². The Morgan fingerprint density at radius 1 is 0.943 bits per heavy atom. The Balaban J connectivity index is 2.47. The molecule has 188 valence electrons. The first-order chi connectivity index (χ1) is 16.7. The van der Waals surface area contributed by atoms with Gasteiger partial charge in [-0.1, -0.05) is 43.3 Å². The normalized spacial score (nSPS) is 10.9. The Bertz CT molecular complexity index is 1040. The fraction of sp³-hybridized carbons (Fsp3) is 0.400. The fourth-order valence-electron chi connectivity index (χ4n) is 3.68. The molecule has 0 aliphatic carbocycles. The van der Waals surface area contributed by atoms with Crippen LogP contribution in [-0.2, 0) is 42.4 Å². The van der Waals surface area contributed by atoms with Crippen LogP contribution in [0.3, 0.4) is 0 Å². The van der Waals surface area contributed by atoms with E-state index in [4.69, 9.17) is 14.2 Å². The van der Waals surface area contributed by atoms with Gasteiger partial charge in [-0.25, -0.2) is 4.79 Å². The minimum absolute atomic E-state index is 0.0162. The molecule has 0 atom stereocenters. The minimum atomic E-state index is -1.86. The Hall–Kier alpha value is -3.95. The number of amides is 1. The van der Waals surface area contributed by atoms with Gasteiger partial charge in [-0.2, -0.15) is 0 Å². The summed E-state index contributed by atoms with van der Waals surface area (Å²) in [6.45, 7) is 4.76. The predicted molar refractivity (Wildman–Crippen MR) is 126 cm³/mol. The molecule has 0 aromatic heterocycles. The number of esters is 2. The Morgan fingerprint density at radius 2 is 1.54 bits per heavy atom. The van der Waals surface area contributed by atoms with Crippen LogP contribution in [0.15, 0.2) is 48.5 Å². The molecule has 0 bridgehead atoms. The zero-order valence-electron chi connectivity index (χ0n) is 20.3. The van der Waals surface area contributed by atoms with Crippen molar-refractivity contribution in [2.24, 2.45) is 0 Å². The van der Waals surface area contributed by atoms with Crippen molar-refractivity contribution in [1.29, 1.82) is 0 Å². The molecule has 0 N–H and O–H groups in total. The van der Waals surface area contributed by atoms with Crippen LogP contribution in [0.4, 0.5) is 10.5 Å². The Labute approximate surface area is 203 Å². The van der Waals surface area contributed by atoms with Crippen molar-refractivity contribution in [3.63, 3.8) is 0 Å². The van der Waals surface area contributed by atoms with Crippen LogP contribution in [0.2, 0.25) is 0 Å². The highest BCUT2D eigenvalue weighted by atomic mass is 16.6. The van der Waals surface area contributed by atoms with Crippen LogP contribution in [0.1, 0.15) is 43.9 Å². The van der Waals surface area contributed by atoms with Crippen LogP contribution in [0.5, 0.6) is 0 Å².